The van der Waals surface area contributed by atoms with Crippen LogP contribution in [0.1, 0.15) is 39.5 Å². The Morgan fingerprint density at radius 3 is 2.52 bits per heavy atom. The van der Waals surface area contributed by atoms with Crippen LogP contribution in [-0.2, 0) is 14.2 Å². The molecule has 0 radical (unpaired) electrons. The van der Waals surface area contributed by atoms with Crippen LogP contribution in [0.25, 0.3) is 0 Å². The van der Waals surface area contributed by atoms with E-state index in [-0.39, 0.29) is 0 Å². The van der Waals surface area contributed by atoms with Crippen molar-refractivity contribution in [3.05, 3.63) is 25.0 Å². The molecule has 0 aromatic carbocycles. The molecule has 2 N–H and O–H groups in total. The monoisotopic (exact) mass is 408 g/mol. The molecule has 8 nitrogen and oxygen atoms in total. The maximum absolute atomic E-state index is 6.21. The van der Waals surface area contributed by atoms with Gasteiger partial charge >= 0.3 is 0 Å². The van der Waals surface area contributed by atoms with E-state index in [0.29, 0.717) is 38.1 Å². The molecular weight excluding hydrogens is 372 g/mol. The second-order valence-corrected chi connectivity index (χ2v) is 7.02. The van der Waals surface area contributed by atoms with Gasteiger partial charge in [-0.1, -0.05) is 6.58 Å². The van der Waals surface area contributed by atoms with Crippen molar-refractivity contribution in [2.45, 2.75) is 57.8 Å². The van der Waals surface area contributed by atoms with Crippen LogP contribution in [0.2, 0.25) is 0 Å². The van der Waals surface area contributed by atoms with E-state index in [0.717, 1.165) is 56.9 Å². The number of anilines is 1. The molecule has 2 fully saturated rings. The lowest BCUT2D eigenvalue weighted by atomic mass is 9.91. The summed E-state index contributed by atoms with van der Waals surface area (Å²) >= 11 is 0. The van der Waals surface area contributed by atoms with Crippen LogP contribution in [0.15, 0.2) is 25.0 Å². The van der Waals surface area contributed by atoms with Crippen molar-refractivity contribution in [2.75, 3.05) is 44.4 Å². The van der Waals surface area contributed by atoms with Gasteiger partial charge in [0.15, 0.2) is 5.82 Å². The quantitative estimate of drug-likeness (QED) is 0.591. The van der Waals surface area contributed by atoms with E-state index in [4.69, 9.17) is 18.9 Å². The SMILES string of the molecule is C=CN.CCOCCOc1cnnc(N2CCC(OC3CC(OCC)C3)CC2)c1. The van der Waals surface area contributed by atoms with Crippen molar-refractivity contribution in [1.29, 1.82) is 0 Å². The Bertz CT molecular complexity index is 576. The molecule has 0 atom stereocenters. The first-order valence-electron chi connectivity index (χ1n) is 10.6. The van der Waals surface area contributed by atoms with Gasteiger partial charge in [0.2, 0.25) is 0 Å². The molecule has 2 aliphatic rings. The molecule has 1 aliphatic heterocycles. The van der Waals surface area contributed by atoms with E-state index in [2.05, 4.69) is 27.4 Å². The van der Waals surface area contributed by atoms with Crippen LogP contribution < -0.4 is 15.4 Å². The van der Waals surface area contributed by atoms with E-state index in [9.17, 15) is 0 Å². The average molecular weight is 409 g/mol. The minimum absolute atomic E-state index is 0.345. The Morgan fingerprint density at radius 1 is 1.14 bits per heavy atom. The molecular formula is C21H36N4O4. The summed E-state index contributed by atoms with van der Waals surface area (Å²) in [6, 6.07) is 1.96. The van der Waals surface area contributed by atoms with Gasteiger partial charge in [-0.05, 0) is 45.7 Å². The number of aromatic nitrogens is 2. The number of rotatable bonds is 10. The third kappa shape index (κ3) is 8.16. The summed E-state index contributed by atoms with van der Waals surface area (Å²) in [6.45, 7) is 11.6. The second kappa shape index (κ2) is 13.3. The van der Waals surface area contributed by atoms with Gasteiger partial charge in [0.05, 0.1) is 31.1 Å². The summed E-state index contributed by atoms with van der Waals surface area (Å²) in [7, 11) is 0. The zero-order valence-corrected chi connectivity index (χ0v) is 17.8. The van der Waals surface area contributed by atoms with Crippen LogP contribution in [0.3, 0.4) is 0 Å². The zero-order chi connectivity index (χ0) is 20.9. The first-order valence-corrected chi connectivity index (χ1v) is 10.6. The van der Waals surface area contributed by atoms with Crippen molar-refractivity contribution in [3.8, 4) is 5.75 Å². The largest absolute Gasteiger partial charge is 0.489 e. The molecule has 29 heavy (non-hydrogen) atoms. The summed E-state index contributed by atoms with van der Waals surface area (Å²) in [5.74, 6) is 1.61. The molecule has 0 bridgehead atoms. The van der Waals surface area contributed by atoms with Gasteiger partial charge in [-0.2, -0.15) is 5.10 Å². The molecule has 1 saturated heterocycles. The number of hydrogen-bond acceptors (Lipinski definition) is 8. The van der Waals surface area contributed by atoms with Gasteiger partial charge in [-0.3, -0.25) is 0 Å². The summed E-state index contributed by atoms with van der Waals surface area (Å²) in [4.78, 5) is 2.26. The van der Waals surface area contributed by atoms with Crippen LogP contribution in [0.5, 0.6) is 5.75 Å². The Kier molecular flexibility index (Phi) is 10.8. The van der Waals surface area contributed by atoms with Crippen molar-refractivity contribution in [2.24, 2.45) is 5.73 Å². The van der Waals surface area contributed by atoms with E-state index < -0.39 is 0 Å². The molecule has 2 heterocycles. The Balaban J connectivity index is 0.000000941. The highest BCUT2D eigenvalue weighted by molar-refractivity contribution is 5.42. The van der Waals surface area contributed by atoms with Gasteiger partial charge in [0, 0.05) is 32.4 Å². The highest BCUT2D eigenvalue weighted by Crippen LogP contribution is 2.30. The first-order chi connectivity index (χ1) is 14.2. The maximum Gasteiger partial charge on any atom is 0.154 e. The van der Waals surface area contributed by atoms with Crippen molar-refractivity contribution in [3.63, 3.8) is 0 Å². The molecule has 8 heteroatoms. The summed E-state index contributed by atoms with van der Waals surface area (Å²) in [5, 5.41) is 8.33. The summed E-state index contributed by atoms with van der Waals surface area (Å²) in [6.07, 6.45) is 8.16. The van der Waals surface area contributed by atoms with Crippen LogP contribution in [0, 0.1) is 0 Å². The predicted octanol–water partition coefficient (Wildman–Crippen LogP) is 2.53. The lowest BCUT2D eigenvalue weighted by Gasteiger charge is -2.39. The molecule has 1 aromatic rings. The van der Waals surface area contributed by atoms with Crippen molar-refractivity contribution >= 4 is 5.82 Å². The van der Waals surface area contributed by atoms with E-state index in [1.807, 2.05) is 19.9 Å². The third-order valence-corrected chi connectivity index (χ3v) is 4.92. The Hall–Kier alpha value is -1.90. The molecule has 3 rings (SSSR count). The van der Waals surface area contributed by atoms with E-state index in [1.165, 1.54) is 6.20 Å². The van der Waals surface area contributed by atoms with Crippen LogP contribution >= 0.6 is 0 Å². The molecule has 164 valence electrons. The van der Waals surface area contributed by atoms with Crippen LogP contribution in [0.4, 0.5) is 5.82 Å². The fourth-order valence-corrected chi connectivity index (χ4v) is 3.43. The highest BCUT2D eigenvalue weighted by Gasteiger charge is 2.33. The predicted molar refractivity (Wildman–Crippen MR) is 113 cm³/mol. The van der Waals surface area contributed by atoms with Gasteiger partial charge in [-0.15, -0.1) is 5.10 Å². The summed E-state index contributed by atoms with van der Waals surface area (Å²) < 4.78 is 22.8. The summed E-state index contributed by atoms with van der Waals surface area (Å²) in [5.41, 5.74) is 4.61. The lowest BCUT2D eigenvalue weighted by Crippen LogP contribution is -2.43. The lowest BCUT2D eigenvalue weighted by molar-refractivity contribution is -0.127. The third-order valence-electron chi connectivity index (χ3n) is 4.92. The normalized spacial score (nSPS) is 21.7. The van der Waals surface area contributed by atoms with Gasteiger partial charge < -0.3 is 29.6 Å². The molecule has 1 aliphatic carbocycles. The number of nitrogens with zero attached hydrogens (tertiary/aromatic N) is 3. The van der Waals surface area contributed by atoms with E-state index in [1.54, 1.807) is 6.20 Å². The molecule has 0 spiro atoms. The Morgan fingerprint density at radius 2 is 1.86 bits per heavy atom. The topological polar surface area (TPSA) is 92.0 Å². The van der Waals surface area contributed by atoms with Crippen molar-refractivity contribution in [1.82, 2.24) is 10.2 Å². The minimum Gasteiger partial charge on any atom is -0.489 e. The first kappa shape index (κ1) is 23.4. The Labute approximate surface area is 174 Å². The van der Waals surface area contributed by atoms with Gasteiger partial charge in [0.25, 0.3) is 0 Å². The van der Waals surface area contributed by atoms with Gasteiger partial charge in [0.1, 0.15) is 12.4 Å². The number of hydrogen-bond donors (Lipinski definition) is 1. The number of ether oxygens (including phenoxy) is 4. The van der Waals surface area contributed by atoms with Crippen molar-refractivity contribution < 1.29 is 18.9 Å². The maximum atomic E-state index is 6.21. The van der Waals surface area contributed by atoms with E-state index >= 15 is 0 Å². The standard InChI is InChI=1S/C19H31N3O4.C2H5N/c1-3-23-9-10-25-18-13-19(21-20-14-18)22-7-5-15(6-8-22)26-17-11-16(12-17)24-4-2;1-2-3/h13-17H,3-12H2,1-2H3;2H,1,3H2. The zero-order valence-electron chi connectivity index (χ0n) is 17.8. The fraction of sp³-hybridized carbons (Fsp3) is 0.714. The second-order valence-electron chi connectivity index (χ2n) is 7.02. The molecule has 0 amide bonds. The highest BCUT2D eigenvalue weighted by atomic mass is 16.5. The molecule has 1 saturated carbocycles. The molecule has 0 unspecified atom stereocenters. The minimum atomic E-state index is 0.345. The fourth-order valence-electron chi connectivity index (χ4n) is 3.43. The number of nitrogens with two attached hydrogens (primary N) is 1. The average Bonchev–Trinajstić information content (AvgIpc) is 2.71. The molecule has 1 aromatic heterocycles. The van der Waals surface area contributed by atoms with Crippen LogP contribution in [-0.4, -0.2) is 68.0 Å². The van der Waals surface area contributed by atoms with Gasteiger partial charge in [-0.25, -0.2) is 0 Å². The number of piperidine rings is 1. The smallest absolute Gasteiger partial charge is 0.154 e.